The molecule has 0 unspecified atom stereocenters. The lowest BCUT2D eigenvalue weighted by Gasteiger charge is -2.09. The third-order valence-electron chi connectivity index (χ3n) is 2.34. The van der Waals surface area contributed by atoms with Gasteiger partial charge in [0, 0.05) is 5.69 Å². The van der Waals surface area contributed by atoms with Crippen LogP contribution in [0.5, 0.6) is 0 Å². The number of aryl methyl sites for hydroxylation is 1. The molecule has 0 atom stereocenters. The van der Waals surface area contributed by atoms with Crippen molar-refractivity contribution in [3.63, 3.8) is 0 Å². The zero-order valence-corrected chi connectivity index (χ0v) is 11.4. The van der Waals surface area contributed by atoms with E-state index in [-0.39, 0.29) is 18.2 Å². The topological polar surface area (TPSA) is 75.3 Å². The Labute approximate surface area is 108 Å². The van der Waals surface area contributed by atoms with Gasteiger partial charge in [-0.05, 0) is 25.0 Å². The highest BCUT2D eigenvalue weighted by molar-refractivity contribution is 7.89. The Hall–Kier alpha value is -1.40. The molecule has 0 bridgehead atoms. The van der Waals surface area contributed by atoms with E-state index in [0.29, 0.717) is 12.1 Å². The van der Waals surface area contributed by atoms with Crippen LogP contribution in [-0.2, 0) is 14.8 Å². The lowest BCUT2D eigenvalue weighted by Crippen LogP contribution is -2.34. The predicted octanol–water partition coefficient (Wildman–Crippen LogP) is 1.26. The highest BCUT2D eigenvalue weighted by Gasteiger charge is 2.11. The quantitative estimate of drug-likeness (QED) is 0.817. The van der Waals surface area contributed by atoms with E-state index < -0.39 is 10.0 Å². The molecular formula is C12H18N2O3S. The highest BCUT2D eigenvalue weighted by atomic mass is 32.2. The number of hydrogen-bond donors (Lipinski definition) is 2. The van der Waals surface area contributed by atoms with Gasteiger partial charge in [0.25, 0.3) is 0 Å². The van der Waals surface area contributed by atoms with Gasteiger partial charge in [0.1, 0.15) is 0 Å². The van der Waals surface area contributed by atoms with Crippen molar-refractivity contribution in [2.45, 2.75) is 20.3 Å². The first-order valence-electron chi connectivity index (χ1n) is 5.77. The molecule has 18 heavy (non-hydrogen) atoms. The van der Waals surface area contributed by atoms with Crippen LogP contribution in [0.2, 0.25) is 0 Å². The Morgan fingerprint density at radius 1 is 1.28 bits per heavy atom. The van der Waals surface area contributed by atoms with E-state index in [2.05, 4.69) is 10.0 Å². The molecule has 1 aromatic carbocycles. The number of rotatable bonds is 6. The zero-order valence-electron chi connectivity index (χ0n) is 10.6. The number of hydrogen-bond acceptors (Lipinski definition) is 3. The summed E-state index contributed by atoms with van der Waals surface area (Å²) in [6.07, 6.45) is 0.523. The summed E-state index contributed by atoms with van der Waals surface area (Å²) in [6, 6.07) is 7.32. The first-order chi connectivity index (χ1) is 8.44. The van der Waals surface area contributed by atoms with Crippen molar-refractivity contribution in [3.05, 3.63) is 29.8 Å². The Bertz CT molecular complexity index is 512. The summed E-state index contributed by atoms with van der Waals surface area (Å²) in [5.74, 6) is -0.339. The molecular weight excluding hydrogens is 252 g/mol. The maximum Gasteiger partial charge on any atom is 0.239 e. The third kappa shape index (κ3) is 4.85. The van der Waals surface area contributed by atoms with E-state index in [1.165, 1.54) is 0 Å². The standard InChI is InChI=1S/C12H18N2O3S/c1-3-8-18(16,17)13-9-12(15)14-11-7-5-4-6-10(11)2/h4-7,13H,3,8-9H2,1-2H3,(H,14,15). The molecule has 0 saturated heterocycles. The molecule has 100 valence electrons. The second kappa shape index (κ2) is 6.51. The number of anilines is 1. The fourth-order valence-electron chi connectivity index (χ4n) is 1.42. The number of sulfonamides is 1. The number of amides is 1. The summed E-state index contributed by atoms with van der Waals surface area (Å²) in [5.41, 5.74) is 1.62. The number of nitrogens with one attached hydrogen (secondary N) is 2. The minimum Gasteiger partial charge on any atom is -0.325 e. The van der Waals surface area contributed by atoms with Crippen LogP contribution in [-0.4, -0.2) is 26.6 Å². The molecule has 0 aliphatic rings. The summed E-state index contributed by atoms with van der Waals surface area (Å²) in [6.45, 7) is 3.40. The number of para-hydroxylation sites is 1. The van der Waals surface area contributed by atoms with Gasteiger partial charge in [0.05, 0.1) is 12.3 Å². The van der Waals surface area contributed by atoms with E-state index in [0.717, 1.165) is 5.56 Å². The summed E-state index contributed by atoms with van der Waals surface area (Å²) in [7, 11) is -3.34. The summed E-state index contributed by atoms with van der Waals surface area (Å²) in [5, 5.41) is 2.66. The summed E-state index contributed by atoms with van der Waals surface area (Å²) < 4.78 is 25.0. The van der Waals surface area contributed by atoms with Gasteiger partial charge >= 0.3 is 0 Å². The predicted molar refractivity (Wildman–Crippen MR) is 71.9 cm³/mol. The fourth-order valence-corrected chi connectivity index (χ4v) is 2.46. The molecule has 0 aliphatic heterocycles. The molecule has 5 nitrogen and oxygen atoms in total. The van der Waals surface area contributed by atoms with Gasteiger partial charge in [-0.3, -0.25) is 4.79 Å². The monoisotopic (exact) mass is 270 g/mol. The van der Waals surface area contributed by atoms with Gasteiger partial charge in [-0.25, -0.2) is 13.1 Å². The molecule has 0 saturated carbocycles. The van der Waals surface area contributed by atoms with Crippen LogP contribution in [0.1, 0.15) is 18.9 Å². The smallest absolute Gasteiger partial charge is 0.239 e. The van der Waals surface area contributed by atoms with Gasteiger partial charge in [0.15, 0.2) is 0 Å². The van der Waals surface area contributed by atoms with Gasteiger partial charge < -0.3 is 5.32 Å². The van der Waals surface area contributed by atoms with Crippen LogP contribution in [0, 0.1) is 6.92 Å². The number of carbonyl (C=O) groups is 1. The Kier molecular flexibility index (Phi) is 5.30. The average Bonchev–Trinajstić information content (AvgIpc) is 2.30. The minimum atomic E-state index is -3.34. The van der Waals surface area contributed by atoms with Gasteiger partial charge in [-0.2, -0.15) is 0 Å². The van der Waals surface area contributed by atoms with E-state index in [4.69, 9.17) is 0 Å². The maximum atomic E-state index is 11.6. The van der Waals surface area contributed by atoms with E-state index in [9.17, 15) is 13.2 Å². The van der Waals surface area contributed by atoms with Crippen LogP contribution in [0.4, 0.5) is 5.69 Å². The Morgan fingerprint density at radius 2 is 1.94 bits per heavy atom. The molecule has 2 N–H and O–H groups in total. The molecule has 6 heteroatoms. The Morgan fingerprint density at radius 3 is 2.56 bits per heavy atom. The molecule has 1 aromatic rings. The van der Waals surface area contributed by atoms with Crippen molar-refractivity contribution in [1.82, 2.24) is 4.72 Å². The Balaban J connectivity index is 2.51. The average molecular weight is 270 g/mol. The molecule has 0 radical (unpaired) electrons. The zero-order chi connectivity index (χ0) is 13.6. The van der Waals surface area contributed by atoms with Gasteiger partial charge in [0.2, 0.25) is 15.9 Å². The van der Waals surface area contributed by atoms with Crippen LogP contribution in [0.25, 0.3) is 0 Å². The van der Waals surface area contributed by atoms with E-state index in [1.54, 1.807) is 13.0 Å². The van der Waals surface area contributed by atoms with Gasteiger partial charge in [-0.1, -0.05) is 25.1 Å². The number of benzene rings is 1. The summed E-state index contributed by atoms with van der Waals surface area (Å²) >= 11 is 0. The van der Waals surface area contributed by atoms with Crippen molar-refractivity contribution in [2.24, 2.45) is 0 Å². The van der Waals surface area contributed by atoms with Crippen molar-refractivity contribution < 1.29 is 13.2 Å². The van der Waals surface area contributed by atoms with Crippen LogP contribution < -0.4 is 10.0 Å². The third-order valence-corrected chi connectivity index (χ3v) is 3.87. The summed E-state index contributed by atoms with van der Waals surface area (Å²) in [4.78, 5) is 11.6. The van der Waals surface area contributed by atoms with Crippen molar-refractivity contribution in [2.75, 3.05) is 17.6 Å². The van der Waals surface area contributed by atoms with Crippen LogP contribution in [0.15, 0.2) is 24.3 Å². The molecule has 0 heterocycles. The lowest BCUT2D eigenvalue weighted by molar-refractivity contribution is -0.115. The normalized spacial score (nSPS) is 11.2. The van der Waals surface area contributed by atoms with E-state index in [1.807, 2.05) is 25.1 Å². The molecule has 0 fully saturated rings. The van der Waals surface area contributed by atoms with Crippen LogP contribution in [0.3, 0.4) is 0 Å². The SMILES string of the molecule is CCCS(=O)(=O)NCC(=O)Nc1ccccc1C. The van der Waals surface area contributed by atoms with Crippen molar-refractivity contribution >= 4 is 21.6 Å². The minimum absolute atomic E-state index is 0.0324. The molecule has 1 amide bonds. The highest BCUT2D eigenvalue weighted by Crippen LogP contribution is 2.12. The largest absolute Gasteiger partial charge is 0.325 e. The number of carbonyl (C=O) groups excluding carboxylic acids is 1. The molecule has 0 aromatic heterocycles. The first kappa shape index (κ1) is 14.7. The second-order valence-electron chi connectivity index (χ2n) is 4.00. The van der Waals surface area contributed by atoms with Crippen molar-refractivity contribution in [3.8, 4) is 0 Å². The van der Waals surface area contributed by atoms with E-state index >= 15 is 0 Å². The first-order valence-corrected chi connectivity index (χ1v) is 7.42. The molecule has 0 spiro atoms. The lowest BCUT2D eigenvalue weighted by atomic mass is 10.2. The van der Waals surface area contributed by atoms with Gasteiger partial charge in [-0.15, -0.1) is 0 Å². The fraction of sp³-hybridized carbons (Fsp3) is 0.417. The second-order valence-corrected chi connectivity index (χ2v) is 5.93. The molecule has 0 aliphatic carbocycles. The van der Waals surface area contributed by atoms with Crippen LogP contribution >= 0.6 is 0 Å². The van der Waals surface area contributed by atoms with Crippen molar-refractivity contribution in [1.29, 1.82) is 0 Å². The molecule has 1 rings (SSSR count). The maximum absolute atomic E-state index is 11.6.